The zero-order chi connectivity index (χ0) is 14.7. The molecule has 0 atom stereocenters. The number of halogens is 3. The number of aromatic carboxylic acids is 1. The molecule has 104 valence electrons. The molecule has 20 heavy (non-hydrogen) atoms. The number of nitrogens with zero attached hydrogens (tertiary/aromatic N) is 1. The van der Waals surface area contributed by atoms with E-state index in [9.17, 15) is 18.0 Å². The van der Waals surface area contributed by atoms with Gasteiger partial charge in [-0.2, -0.15) is 0 Å². The molecular formula is C13H9F3N2O2. The van der Waals surface area contributed by atoms with Gasteiger partial charge in [0.25, 0.3) is 0 Å². The van der Waals surface area contributed by atoms with Gasteiger partial charge in [0.15, 0.2) is 11.6 Å². The van der Waals surface area contributed by atoms with Crippen LogP contribution in [0, 0.1) is 17.5 Å². The molecule has 0 aliphatic rings. The van der Waals surface area contributed by atoms with Crippen molar-refractivity contribution in [2.75, 3.05) is 5.32 Å². The van der Waals surface area contributed by atoms with Crippen LogP contribution in [-0.2, 0) is 6.54 Å². The molecule has 2 rings (SSSR count). The van der Waals surface area contributed by atoms with Crippen LogP contribution < -0.4 is 5.32 Å². The standard InChI is InChI=1S/C13H9F3N2O2/c14-8-2-1-7(10(15)5-8)6-18-12-11(16)9(13(19)20)3-4-17-12/h1-5H,6H2,(H,17,18)(H,19,20). The molecular weight excluding hydrogens is 273 g/mol. The zero-order valence-corrected chi connectivity index (χ0v) is 10.0. The number of benzene rings is 1. The Bertz CT molecular complexity index is 662. The molecule has 2 aromatic rings. The Morgan fingerprint density at radius 1 is 1.25 bits per heavy atom. The molecule has 0 fully saturated rings. The summed E-state index contributed by atoms with van der Waals surface area (Å²) >= 11 is 0. The largest absolute Gasteiger partial charge is 0.478 e. The van der Waals surface area contributed by atoms with Crippen molar-refractivity contribution in [1.29, 1.82) is 0 Å². The number of rotatable bonds is 4. The summed E-state index contributed by atoms with van der Waals surface area (Å²) in [5, 5.41) is 11.2. The number of carboxylic acids is 1. The van der Waals surface area contributed by atoms with E-state index in [4.69, 9.17) is 5.11 Å². The third kappa shape index (κ3) is 2.87. The first kappa shape index (κ1) is 13.9. The number of carbonyl (C=O) groups is 1. The molecule has 0 bridgehead atoms. The second-order valence-corrected chi connectivity index (χ2v) is 3.92. The monoisotopic (exact) mass is 282 g/mol. The Morgan fingerprint density at radius 2 is 2.00 bits per heavy atom. The van der Waals surface area contributed by atoms with Gasteiger partial charge in [0.1, 0.15) is 17.2 Å². The summed E-state index contributed by atoms with van der Waals surface area (Å²) in [5.41, 5.74) is -0.435. The number of hydrogen-bond acceptors (Lipinski definition) is 3. The van der Waals surface area contributed by atoms with E-state index in [-0.39, 0.29) is 17.9 Å². The maximum atomic E-state index is 13.7. The van der Waals surface area contributed by atoms with Crippen LogP contribution in [-0.4, -0.2) is 16.1 Å². The number of nitrogens with one attached hydrogen (secondary N) is 1. The van der Waals surface area contributed by atoms with E-state index in [1.165, 1.54) is 6.07 Å². The molecule has 0 spiro atoms. The van der Waals surface area contributed by atoms with Crippen molar-refractivity contribution in [3.05, 3.63) is 59.0 Å². The van der Waals surface area contributed by atoms with Crippen LogP contribution in [0.15, 0.2) is 30.5 Å². The summed E-state index contributed by atoms with van der Waals surface area (Å²) in [6.45, 7) is -0.154. The lowest BCUT2D eigenvalue weighted by atomic mass is 10.2. The van der Waals surface area contributed by atoms with Gasteiger partial charge in [0.2, 0.25) is 0 Å². The molecule has 4 nitrogen and oxygen atoms in total. The Hall–Kier alpha value is -2.57. The Labute approximate surface area is 111 Å². The average Bonchev–Trinajstić information content (AvgIpc) is 2.39. The fraction of sp³-hybridized carbons (Fsp3) is 0.0769. The van der Waals surface area contributed by atoms with Crippen LogP contribution in [0.5, 0.6) is 0 Å². The van der Waals surface area contributed by atoms with Gasteiger partial charge in [-0.3, -0.25) is 0 Å². The highest BCUT2D eigenvalue weighted by atomic mass is 19.1. The van der Waals surface area contributed by atoms with Crippen molar-refractivity contribution in [2.24, 2.45) is 0 Å². The number of pyridine rings is 1. The Balaban J connectivity index is 2.19. The van der Waals surface area contributed by atoms with Crippen LogP contribution >= 0.6 is 0 Å². The third-order valence-electron chi connectivity index (χ3n) is 2.58. The molecule has 0 amide bonds. The minimum atomic E-state index is -1.43. The first-order valence-corrected chi connectivity index (χ1v) is 5.54. The number of hydrogen-bond donors (Lipinski definition) is 2. The topological polar surface area (TPSA) is 62.2 Å². The molecule has 0 unspecified atom stereocenters. The van der Waals surface area contributed by atoms with Gasteiger partial charge in [-0.15, -0.1) is 0 Å². The maximum absolute atomic E-state index is 13.7. The minimum Gasteiger partial charge on any atom is -0.478 e. The first-order chi connectivity index (χ1) is 9.49. The van der Waals surface area contributed by atoms with Crippen LogP contribution in [0.3, 0.4) is 0 Å². The van der Waals surface area contributed by atoms with E-state index in [2.05, 4.69) is 10.3 Å². The van der Waals surface area contributed by atoms with Crippen LogP contribution in [0.25, 0.3) is 0 Å². The summed E-state index contributed by atoms with van der Waals surface area (Å²) in [5.74, 6) is -4.28. The van der Waals surface area contributed by atoms with Crippen molar-refractivity contribution in [1.82, 2.24) is 4.98 Å². The van der Waals surface area contributed by atoms with E-state index in [0.29, 0.717) is 6.07 Å². The van der Waals surface area contributed by atoms with Gasteiger partial charge in [-0.1, -0.05) is 6.07 Å². The summed E-state index contributed by atoms with van der Waals surface area (Å²) in [6.07, 6.45) is 1.12. The summed E-state index contributed by atoms with van der Waals surface area (Å²) in [6, 6.07) is 3.99. The lowest BCUT2D eigenvalue weighted by Crippen LogP contribution is -2.09. The highest BCUT2D eigenvalue weighted by molar-refractivity contribution is 5.88. The molecule has 1 heterocycles. The Kier molecular flexibility index (Phi) is 3.88. The lowest BCUT2D eigenvalue weighted by Gasteiger charge is -2.08. The molecule has 0 saturated carbocycles. The normalized spacial score (nSPS) is 10.3. The summed E-state index contributed by atoms with van der Waals surface area (Å²) < 4.78 is 39.8. The smallest absolute Gasteiger partial charge is 0.338 e. The number of aromatic nitrogens is 1. The predicted molar refractivity (Wildman–Crippen MR) is 64.8 cm³/mol. The van der Waals surface area contributed by atoms with Gasteiger partial charge in [0.05, 0.1) is 0 Å². The van der Waals surface area contributed by atoms with Gasteiger partial charge in [-0.25, -0.2) is 22.9 Å². The van der Waals surface area contributed by atoms with Gasteiger partial charge in [0, 0.05) is 24.4 Å². The highest BCUT2D eigenvalue weighted by Crippen LogP contribution is 2.17. The summed E-state index contributed by atoms with van der Waals surface area (Å²) in [4.78, 5) is 14.4. The van der Waals surface area contributed by atoms with Crippen molar-refractivity contribution in [3.63, 3.8) is 0 Å². The first-order valence-electron chi connectivity index (χ1n) is 5.54. The highest BCUT2D eigenvalue weighted by Gasteiger charge is 2.15. The van der Waals surface area contributed by atoms with E-state index in [0.717, 1.165) is 18.3 Å². The fourth-order valence-corrected chi connectivity index (χ4v) is 1.58. The third-order valence-corrected chi connectivity index (χ3v) is 2.58. The fourth-order valence-electron chi connectivity index (χ4n) is 1.58. The van der Waals surface area contributed by atoms with Crippen LogP contribution in [0.4, 0.5) is 19.0 Å². The predicted octanol–water partition coefficient (Wildman–Crippen LogP) is 2.81. The SMILES string of the molecule is O=C(O)c1ccnc(NCc2ccc(F)cc2F)c1F. The lowest BCUT2D eigenvalue weighted by molar-refractivity contribution is 0.0692. The number of carboxylic acid groups (broad SMARTS) is 1. The quantitative estimate of drug-likeness (QED) is 0.905. The second-order valence-electron chi connectivity index (χ2n) is 3.92. The van der Waals surface area contributed by atoms with Crippen molar-refractivity contribution in [3.8, 4) is 0 Å². The van der Waals surface area contributed by atoms with Gasteiger partial charge >= 0.3 is 5.97 Å². The second kappa shape index (κ2) is 5.60. The molecule has 0 radical (unpaired) electrons. The van der Waals surface area contributed by atoms with Crippen LogP contribution in [0.2, 0.25) is 0 Å². The molecule has 0 saturated heterocycles. The van der Waals surface area contributed by atoms with E-state index < -0.39 is 29.0 Å². The maximum Gasteiger partial charge on any atom is 0.338 e. The summed E-state index contributed by atoms with van der Waals surface area (Å²) in [7, 11) is 0. The van der Waals surface area contributed by atoms with Crippen molar-refractivity contribution >= 4 is 11.8 Å². The van der Waals surface area contributed by atoms with E-state index >= 15 is 0 Å². The number of anilines is 1. The van der Waals surface area contributed by atoms with Gasteiger partial charge < -0.3 is 10.4 Å². The zero-order valence-electron chi connectivity index (χ0n) is 10.0. The molecule has 2 N–H and O–H groups in total. The minimum absolute atomic E-state index is 0.105. The molecule has 1 aromatic carbocycles. The van der Waals surface area contributed by atoms with Gasteiger partial charge in [-0.05, 0) is 12.1 Å². The Morgan fingerprint density at radius 3 is 2.65 bits per heavy atom. The molecule has 7 heteroatoms. The molecule has 1 aromatic heterocycles. The van der Waals surface area contributed by atoms with E-state index in [1.807, 2.05) is 0 Å². The van der Waals surface area contributed by atoms with Crippen molar-refractivity contribution in [2.45, 2.75) is 6.54 Å². The average molecular weight is 282 g/mol. The molecule has 0 aliphatic heterocycles. The van der Waals surface area contributed by atoms with Crippen molar-refractivity contribution < 1.29 is 23.1 Å². The van der Waals surface area contributed by atoms with E-state index in [1.54, 1.807) is 0 Å². The van der Waals surface area contributed by atoms with Crippen LogP contribution in [0.1, 0.15) is 15.9 Å². The molecule has 0 aliphatic carbocycles.